The number of carboxylic acids is 1. The van der Waals surface area contributed by atoms with Gasteiger partial charge in [0, 0.05) is 4.47 Å². The number of hydrogen-bond acceptors (Lipinski definition) is 4. The maximum atomic E-state index is 11.9. The second-order valence-corrected chi connectivity index (χ2v) is 5.89. The minimum Gasteiger partial charge on any atom is -0.492 e. The molecule has 0 aromatic heterocycles. The molecule has 18 heavy (non-hydrogen) atoms. The molecule has 0 fully saturated rings. The molecule has 0 aliphatic carbocycles. The van der Waals surface area contributed by atoms with E-state index in [2.05, 4.69) is 15.9 Å². The summed E-state index contributed by atoms with van der Waals surface area (Å²) >= 11 is 3.16. The predicted octanol–water partition coefficient (Wildman–Crippen LogP) is 1.21. The van der Waals surface area contributed by atoms with Crippen LogP contribution in [0.3, 0.4) is 0 Å². The summed E-state index contributed by atoms with van der Waals surface area (Å²) in [5, 5.41) is 8.48. The van der Waals surface area contributed by atoms with Crippen molar-refractivity contribution in [3.63, 3.8) is 0 Å². The molecule has 100 valence electrons. The van der Waals surface area contributed by atoms with Gasteiger partial charge in [-0.15, -0.1) is 0 Å². The van der Waals surface area contributed by atoms with Crippen LogP contribution in [0.25, 0.3) is 0 Å². The van der Waals surface area contributed by atoms with Crippen molar-refractivity contribution in [3.8, 4) is 5.75 Å². The van der Waals surface area contributed by atoms with Crippen LogP contribution in [-0.4, -0.2) is 32.6 Å². The van der Waals surface area contributed by atoms with Gasteiger partial charge in [-0.2, -0.15) is 4.72 Å². The largest absolute Gasteiger partial charge is 0.492 e. The Hall–Kier alpha value is -1.12. The fraction of sp³-hybridized carbons (Fsp3) is 0.300. The molecule has 0 atom stereocenters. The number of benzene rings is 1. The van der Waals surface area contributed by atoms with E-state index in [4.69, 9.17) is 9.84 Å². The van der Waals surface area contributed by atoms with Crippen LogP contribution < -0.4 is 9.46 Å². The molecule has 1 aromatic rings. The highest BCUT2D eigenvalue weighted by Gasteiger charge is 2.20. The van der Waals surface area contributed by atoms with Gasteiger partial charge in [-0.05, 0) is 25.1 Å². The number of carbonyl (C=O) groups is 1. The molecule has 0 radical (unpaired) electrons. The monoisotopic (exact) mass is 337 g/mol. The first-order valence-electron chi connectivity index (χ1n) is 5.00. The van der Waals surface area contributed by atoms with Crippen molar-refractivity contribution in [2.45, 2.75) is 11.8 Å². The van der Waals surface area contributed by atoms with Gasteiger partial charge >= 0.3 is 5.97 Å². The van der Waals surface area contributed by atoms with Gasteiger partial charge in [0.15, 0.2) is 0 Å². The molecule has 2 N–H and O–H groups in total. The van der Waals surface area contributed by atoms with E-state index in [9.17, 15) is 13.2 Å². The highest BCUT2D eigenvalue weighted by atomic mass is 79.9. The highest BCUT2D eigenvalue weighted by Crippen LogP contribution is 2.27. The average molecular weight is 338 g/mol. The Morgan fingerprint density at radius 1 is 1.50 bits per heavy atom. The first-order valence-corrected chi connectivity index (χ1v) is 7.28. The van der Waals surface area contributed by atoms with E-state index in [-0.39, 0.29) is 10.6 Å². The summed E-state index contributed by atoms with van der Waals surface area (Å²) in [5.74, 6) is -1.08. The minimum absolute atomic E-state index is 0.0972. The summed E-state index contributed by atoms with van der Waals surface area (Å²) in [6.45, 7) is 1.35. The molecule has 1 rings (SSSR count). The van der Waals surface area contributed by atoms with Crippen LogP contribution in [0.4, 0.5) is 0 Å². The Bertz CT molecular complexity index is 543. The Balaban J connectivity index is 3.13. The molecule has 8 heteroatoms. The lowest BCUT2D eigenvalue weighted by molar-refractivity contribution is -0.135. The summed E-state index contributed by atoms with van der Waals surface area (Å²) in [6, 6.07) is 4.50. The lowest BCUT2D eigenvalue weighted by Crippen LogP contribution is -2.29. The van der Waals surface area contributed by atoms with E-state index in [0.29, 0.717) is 11.1 Å². The first kappa shape index (κ1) is 14.9. The molecule has 0 saturated heterocycles. The number of halogens is 1. The number of sulfonamides is 1. The van der Waals surface area contributed by atoms with E-state index < -0.39 is 22.5 Å². The molecule has 6 nitrogen and oxygen atoms in total. The van der Waals surface area contributed by atoms with Crippen molar-refractivity contribution in [2.24, 2.45) is 0 Å². The molecule has 0 amide bonds. The van der Waals surface area contributed by atoms with Gasteiger partial charge in [0.1, 0.15) is 17.2 Å². The highest BCUT2D eigenvalue weighted by molar-refractivity contribution is 9.10. The third-order valence-corrected chi connectivity index (χ3v) is 3.82. The first-order chi connectivity index (χ1) is 8.36. The van der Waals surface area contributed by atoms with E-state index in [0.717, 1.165) is 0 Å². The van der Waals surface area contributed by atoms with E-state index in [1.54, 1.807) is 13.0 Å². The zero-order chi connectivity index (χ0) is 13.8. The number of nitrogens with one attached hydrogen (secondary N) is 1. The van der Waals surface area contributed by atoms with Gasteiger partial charge in [0.05, 0.1) is 6.61 Å². The lowest BCUT2D eigenvalue weighted by Gasteiger charge is -2.11. The van der Waals surface area contributed by atoms with E-state index >= 15 is 0 Å². The van der Waals surface area contributed by atoms with Gasteiger partial charge in [-0.25, -0.2) is 8.42 Å². The van der Waals surface area contributed by atoms with Crippen LogP contribution in [-0.2, 0) is 14.8 Å². The average Bonchev–Trinajstić information content (AvgIpc) is 2.29. The number of aliphatic carboxylic acids is 1. The molecule has 1 aromatic carbocycles. The predicted molar refractivity (Wildman–Crippen MR) is 68.1 cm³/mol. The molecule has 0 unspecified atom stereocenters. The van der Waals surface area contributed by atoms with Crippen LogP contribution in [0.15, 0.2) is 27.6 Å². The molecular weight excluding hydrogens is 326 g/mol. The third-order valence-electron chi connectivity index (χ3n) is 1.91. The van der Waals surface area contributed by atoms with Crippen molar-refractivity contribution >= 4 is 31.9 Å². The molecule has 0 saturated carbocycles. The van der Waals surface area contributed by atoms with Crippen molar-refractivity contribution in [3.05, 3.63) is 22.7 Å². The fourth-order valence-corrected chi connectivity index (χ4v) is 2.86. The molecule has 0 bridgehead atoms. The summed E-state index contributed by atoms with van der Waals surface area (Å²) in [7, 11) is -3.92. The van der Waals surface area contributed by atoms with Crippen LogP contribution in [0.1, 0.15) is 6.92 Å². The van der Waals surface area contributed by atoms with E-state index in [1.807, 2.05) is 4.72 Å². The Morgan fingerprint density at radius 3 is 2.72 bits per heavy atom. The summed E-state index contributed by atoms with van der Waals surface area (Å²) in [5.41, 5.74) is 0. The molecular formula is C10H12BrNO5S. The maximum absolute atomic E-state index is 11.9. The van der Waals surface area contributed by atoms with Crippen molar-refractivity contribution in [1.29, 1.82) is 0 Å². The summed E-state index contributed by atoms with van der Waals surface area (Å²) in [6.07, 6.45) is 0. The number of hydrogen-bond donors (Lipinski definition) is 2. The van der Waals surface area contributed by atoms with Gasteiger partial charge in [0.2, 0.25) is 10.0 Å². The zero-order valence-corrected chi connectivity index (χ0v) is 11.9. The smallest absolute Gasteiger partial charge is 0.318 e. The maximum Gasteiger partial charge on any atom is 0.318 e. The Kier molecular flexibility index (Phi) is 5.12. The van der Waals surface area contributed by atoms with Crippen LogP contribution >= 0.6 is 15.9 Å². The topological polar surface area (TPSA) is 92.7 Å². The SMILES string of the molecule is CCOc1ccc(Br)cc1S(=O)(=O)NCC(=O)O. The minimum atomic E-state index is -3.92. The Labute approximate surface area is 113 Å². The molecule has 0 aliphatic heterocycles. The number of rotatable bonds is 6. The third kappa shape index (κ3) is 3.97. The van der Waals surface area contributed by atoms with Crippen LogP contribution in [0, 0.1) is 0 Å². The van der Waals surface area contributed by atoms with Crippen molar-refractivity contribution in [2.75, 3.05) is 13.2 Å². The van der Waals surface area contributed by atoms with Gasteiger partial charge in [-0.3, -0.25) is 4.79 Å². The van der Waals surface area contributed by atoms with Gasteiger partial charge < -0.3 is 9.84 Å². The van der Waals surface area contributed by atoms with Crippen molar-refractivity contribution in [1.82, 2.24) is 4.72 Å². The normalized spacial score (nSPS) is 11.2. The quantitative estimate of drug-likeness (QED) is 0.813. The van der Waals surface area contributed by atoms with Gasteiger partial charge in [0.25, 0.3) is 0 Å². The molecule has 0 aliphatic rings. The summed E-state index contributed by atoms with van der Waals surface area (Å²) < 4.78 is 31.5. The summed E-state index contributed by atoms with van der Waals surface area (Å²) in [4.78, 5) is 10.3. The van der Waals surface area contributed by atoms with Crippen LogP contribution in [0.2, 0.25) is 0 Å². The number of carboxylic acid groups (broad SMARTS) is 1. The Morgan fingerprint density at radius 2 is 2.17 bits per heavy atom. The van der Waals surface area contributed by atoms with Gasteiger partial charge in [-0.1, -0.05) is 15.9 Å². The lowest BCUT2D eigenvalue weighted by atomic mass is 10.3. The standard InChI is InChI=1S/C10H12BrNO5S/c1-2-17-8-4-3-7(11)5-9(8)18(15,16)12-6-10(13)14/h3-5,12H,2,6H2,1H3,(H,13,14). The second-order valence-electron chi connectivity index (χ2n) is 3.24. The van der Waals surface area contributed by atoms with Crippen molar-refractivity contribution < 1.29 is 23.1 Å². The molecule has 0 heterocycles. The molecule has 0 spiro atoms. The number of ether oxygens (including phenoxy) is 1. The van der Waals surface area contributed by atoms with Crippen LogP contribution in [0.5, 0.6) is 5.75 Å². The second kappa shape index (κ2) is 6.17. The fourth-order valence-electron chi connectivity index (χ4n) is 1.20. The zero-order valence-electron chi connectivity index (χ0n) is 9.51. The van der Waals surface area contributed by atoms with E-state index in [1.165, 1.54) is 12.1 Å².